The Hall–Kier alpha value is -1.56. The van der Waals surface area contributed by atoms with Crippen LogP contribution in [-0.4, -0.2) is 38.1 Å². The fourth-order valence-electron chi connectivity index (χ4n) is 1.93. The summed E-state index contributed by atoms with van der Waals surface area (Å²) in [6.07, 6.45) is 1.91. The van der Waals surface area contributed by atoms with E-state index in [0.717, 1.165) is 12.8 Å². The fourth-order valence-corrected chi connectivity index (χ4v) is 3.40. The second-order valence-corrected chi connectivity index (χ2v) is 6.94. The normalized spacial score (nSPS) is 15.3. The number of anilines is 1. The zero-order chi connectivity index (χ0) is 14.2. The number of hydrogen-bond donors (Lipinski definition) is 1. The summed E-state index contributed by atoms with van der Waals surface area (Å²) >= 11 is 0. The minimum Gasteiger partial charge on any atom is -0.397 e. The van der Waals surface area contributed by atoms with Gasteiger partial charge in [0.1, 0.15) is 5.75 Å². The quantitative estimate of drug-likeness (QED) is 0.834. The van der Waals surface area contributed by atoms with Crippen LogP contribution in [-0.2, 0) is 14.6 Å². The number of hydrogen-bond acceptors (Lipinski definition) is 4. The fraction of sp³-hybridized carbons (Fsp3) is 0.462. The molecule has 1 aliphatic rings. The van der Waals surface area contributed by atoms with Crippen molar-refractivity contribution in [3.05, 3.63) is 23.8 Å². The summed E-state index contributed by atoms with van der Waals surface area (Å²) in [6.45, 7) is 1.74. The van der Waals surface area contributed by atoms with Crippen molar-refractivity contribution >= 4 is 21.4 Å². The van der Waals surface area contributed by atoms with Crippen molar-refractivity contribution in [2.24, 2.45) is 0 Å². The van der Waals surface area contributed by atoms with Gasteiger partial charge >= 0.3 is 0 Å². The Kier molecular flexibility index (Phi) is 3.54. The third kappa shape index (κ3) is 2.89. The topological polar surface area (TPSA) is 80.5 Å². The van der Waals surface area contributed by atoms with E-state index in [1.807, 2.05) is 0 Å². The predicted octanol–water partition coefficient (Wildman–Crippen LogP) is 0.972. The number of rotatable bonds is 4. The van der Waals surface area contributed by atoms with Crippen LogP contribution in [0, 0.1) is 6.92 Å². The van der Waals surface area contributed by atoms with E-state index in [4.69, 9.17) is 5.73 Å². The molecule has 1 amide bonds. The van der Waals surface area contributed by atoms with Crippen LogP contribution in [0.15, 0.2) is 23.1 Å². The molecular weight excluding hydrogens is 264 g/mol. The minimum absolute atomic E-state index is 0.0463. The van der Waals surface area contributed by atoms with Gasteiger partial charge in [-0.15, -0.1) is 0 Å². The van der Waals surface area contributed by atoms with Crippen LogP contribution >= 0.6 is 0 Å². The predicted molar refractivity (Wildman–Crippen MR) is 73.4 cm³/mol. The molecule has 2 rings (SSSR count). The number of aryl methyl sites for hydroxylation is 1. The van der Waals surface area contributed by atoms with Gasteiger partial charge < -0.3 is 10.6 Å². The summed E-state index contributed by atoms with van der Waals surface area (Å²) in [7, 11) is -2.03. The summed E-state index contributed by atoms with van der Waals surface area (Å²) in [5.41, 5.74) is 6.71. The molecule has 6 heteroatoms. The maximum absolute atomic E-state index is 12.2. The van der Waals surface area contributed by atoms with Crippen molar-refractivity contribution in [1.29, 1.82) is 0 Å². The summed E-state index contributed by atoms with van der Waals surface area (Å²) in [4.78, 5) is 13.5. The zero-order valence-corrected chi connectivity index (χ0v) is 11.9. The van der Waals surface area contributed by atoms with Crippen LogP contribution in [0.25, 0.3) is 0 Å². The van der Waals surface area contributed by atoms with E-state index in [1.165, 1.54) is 11.0 Å². The smallest absolute Gasteiger partial charge is 0.238 e. The van der Waals surface area contributed by atoms with Gasteiger partial charge in [0.05, 0.1) is 10.6 Å². The molecule has 1 aromatic rings. The van der Waals surface area contributed by atoms with E-state index >= 15 is 0 Å². The largest absolute Gasteiger partial charge is 0.397 e. The second kappa shape index (κ2) is 4.85. The molecule has 0 spiro atoms. The van der Waals surface area contributed by atoms with Crippen molar-refractivity contribution in [1.82, 2.24) is 4.90 Å². The van der Waals surface area contributed by atoms with Gasteiger partial charge in [0.25, 0.3) is 0 Å². The van der Waals surface area contributed by atoms with E-state index in [1.54, 1.807) is 26.1 Å². The minimum atomic E-state index is -3.68. The Labute approximate surface area is 113 Å². The molecule has 1 aromatic carbocycles. The number of para-hydroxylation sites is 1. The highest BCUT2D eigenvalue weighted by atomic mass is 32.2. The third-order valence-electron chi connectivity index (χ3n) is 3.42. The SMILES string of the molecule is Cc1cccc(S(=O)(=O)CC(=O)N(C)C2CC2)c1N. The molecule has 1 aliphatic carbocycles. The lowest BCUT2D eigenvalue weighted by Gasteiger charge is -2.16. The van der Waals surface area contributed by atoms with E-state index < -0.39 is 15.6 Å². The first-order chi connectivity index (χ1) is 8.83. The average molecular weight is 282 g/mol. The maximum Gasteiger partial charge on any atom is 0.238 e. The van der Waals surface area contributed by atoms with E-state index in [-0.39, 0.29) is 22.5 Å². The first kappa shape index (κ1) is 13.9. The Morgan fingerprint density at radius 3 is 2.63 bits per heavy atom. The molecule has 0 bridgehead atoms. The highest BCUT2D eigenvalue weighted by Gasteiger charge is 2.32. The molecule has 0 aromatic heterocycles. The average Bonchev–Trinajstić information content (AvgIpc) is 3.14. The zero-order valence-electron chi connectivity index (χ0n) is 11.1. The number of carbonyl (C=O) groups is 1. The molecular formula is C13H18N2O3S. The third-order valence-corrected chi connectivity index (χ3v) is 5.07. The van der Waals surface area contributed by atoms with Gasteiger partial charge in [0.15, 0.2) is 9.84 Å². The van der Waals surface area contributed by atoms with Gasteiger partial charge in [-0.2, -0.15) is 0 Å². The van der Waals surface area contributed by atoms with Crippen molar-refractivity contribution in [3.8, 4) is 0 Å². The number of sulfone groups is 1. The maximum atomic E-state index is 12.2. The molecule has 104 valence electrons. The van der Waals surface area contributed by atoms with Crippen molar-refractivity contribution in [2.45, 2.75) is 30.7 Å². The highest BCUT2D eigenvalue weighted by Crippen LogP contribution is 2.27. The number of benzene rings is 1. The van der Waals surface area contributed by atoms with Gasteiger partial charge in [-0.25, -0.2) is 8.42 Å². The van der Waals surface area contributed by atoms with Crippen molar-refractivity contribution in [3.63, 3.8) is 0 Å². The van der Waals surface area contributed by atoms with Gasteiger partial charge in [0.2, 0.25) is 5.91 Å². The molecule has 5 nitrogen and oxygen atoms in total. The molecule has 1 fully saturated rings. The van der Waals surface area contributed by atoms with Gasteiger partial charge in [0, 0.05) is 13.1 Å². The summed E-state index contributed by atoms with van der Waals surface area (Å²) in [5.74, 6) is -0.892. The lowest BCUT2D eigenvalue weighted by atomic mass is 10.2. The molecule has 1 saturated carbocycles. The van der Waals surface area contributed by atoms with Crippen molar-refractivity contribution < 1.29 is 13.2 Å². The molecule has 0 heterocycles. The number of amides is 1. The standard InChI is InChI=1S/C13H18N2O3S/c1-9-4-3-5-11(13(9)14)19(17,18)8-12(16)15(2)10-6-7-10/h3-5,10H,6-8,14H2,1-2H3. The Morgan fingerprint density at radius 1 is 1.42 bits per heavy atom. The van der Waals surface area contributed by atoms with E-state index in [2.05, 4.69) is 0 Å². The van der Waals surface area contributed by atoms with Crippen LogP contribution in [0.2, 0.25) is 0 Å². The van der Waals surface area contributed by atoms with Gasteiger partial charge in [-0.05, 0) is 31.4 Å². The van der Waals surface area contributed by atoms with Crippen LogP contribution in [0.3, 0.4) is 0 Å². The van der Waals surface area contributed by atoms with Crippen LogP contribution in [0.4, 0.5) is 5.69 Å². The number of nitrogens with zero attached hydrogens (tertiary/aromatic N) is 1. The van der Waals surface area contributed by atoms with E-state index in [0.29, 0.717) is 5.56 Å². The molecule has 19 heavy (non-hydrogen) atoms. The second-order valence-electron chi connectivity index (χ2n) is 4.98. The highest BCUT2D eigenvalue weighted by molar-refractivity contribution is 7.92. The summed E-state index contributed by atoms with van der Waals surface area (Å²) < 4.78 is 24.5. The Balaban J connectivity index is 2.22. The lowest BCUT2D eigenvalue weighted by molar-refractivity contribution is -0.127. The molecule has 0 radical (unpaired) electrons. The molecule has 2 N–H and O–H groups in total. The molecule has 0 unspecified atom stereocenters. The first-order valence-corrected chi connectivity index (χ1v) is 7.81. The van der Waals surface area contributed by atoms with Crippen LogP contribution in [0.1, 0.15) is 18.4 Å². The van der Waals surface area contributed by atoms with Crippen molar-refractivity contribution in [2.75, 3.05) is 18.5 Å². The van der Waals surface area contributed by atoms with Gasteiger partial charge in [-0.1, -0.05) is 12.1 Å². The molecule has 0 saturated heterocycles. The van der Waals surface area contributed by atoms with E-state index in [9.17, 15) is 13.2 Å². The first-order valence-electron chi connectivity index (χ1n) is 6.16. The summed E-state index contributed by atoms with van der Waals surface area (Å²) in [6, 6.07) is 5.03. The summed E-state index contributed by atoms with van der Waals surface area (Å²) in [5, 5.41) is 0. The molecule has 0 atom stereocenters. The monoisotopic (exact) mass is 282 g/mol. The number of carbonyl (C=O) groups excluding carboxylic acids is 1. The Morgan fingerprint density at radius 2 is 2.05 bits per heavy atom. The number of nitrogens with two attached hydrogens (primary N) is 1. The van der Waals surface area contributed by atoms with Crippen LogP contribution in [0.5, 0.6) is 0 Å². The molecule has 0 aliphatic heterocycles. The lowest BCUT2D eigenvalue weighted by Crippen LogP contribution is -2.34. The van der Waals surface area contributed by atoms with Crippen LogP contribution < -0.4 is 5.73 Å². The Bertz CT molecular complexity index is 606. The number of nitrogen functional groups attached to an aromatic ring is 1. The van der Waals surface area contributed by atoms with Gasteiger partial charge in [-0.3, -0.25) is 4.79 Å².